The summed E-state index contributed by atoms with van der Waals surface area (Å²) in [4.78, 5) is 27.5. The van der Waals surface area contributed by atoms with Crippen molar-refractivity contribution in [1.82, 2.24) is 19.9 Å². The number of halogens is 2. The highest BCUT2D eigenvalue weighted by atomic mass is 79.9. The number of hydrogen-bond donors (Lipinski definition) is 0. The lowest BCUT2D eigenvalue weighted by atomic mass is 9.99. The molecule has 0 spiro atoms. The molecule has 0 aliphatic carbocycles. The van der Waals surface area contributed by atoms with Gasteiger partial charge in [0, 0.05) is 64.0 Å². The quantitative estimate of drug-likeness (QED) is 0.0357. The van der Waals surface area contributed by atoms with Crippen LogP contribution in [0.4, 0.5) is 0 Å². The van der Waals surface area contributed by atoms with E-state index in [0.29, 0.717) is 0 Å². The number of fused-ring (bicyclic) bond motifs is 2. The summed E-state index contributed by atoms with van der Waals surface area (Å²) < 4.78 is 2.48. The van der Waals surface area contributed by atoms with Crippen molar-refractivity contribution in [3.8, 4) is 86.8 Å². The molecule has 0 N–H and O–H groups in total. The molecular weight excluding hydrogens is 1590 g/mol. The van der Waals surface area contributed by atoms with Gasteiger partial charge in [-0.3, -0.25) is 0 Å². The number of thiophene rings is 4. The van der Waals surface area contributed by atoms with Gasteiger partial charge in [-0.2, -0.15) is 0 Å². The second-order valence-corrected chi connectivity index (χ2v) is 38.8. The Morgan fingerprint density at radius 1 is 0.237 bits per heavy atom. The maximum absolute atomic E-state index is 5.61. The fourth-order valence-corrected chi connectivity index (χ4v) is 21.8. The van der Waals surface area contributed by atoms with Crippen molar-refractivity contribution in [2.24, 2.45) is 0 Å². The van der Waals surface area contributed by atoms with E-state index in [1.807, 2.05) is 45.3 Å². The molecule has 0 atom stereocenters. The lowest BCUT2D eigenvalue weighted by Crippen LogP contribution is -1.98. The largest absolute Gasteiger partial charge is 0.243 e. The molecule has 12 rings (SSSR count). The molecule has 6 aromatic carbocycles. The summed E-state index contributed by atoms with van der Waals surface area (Å²) in [6.07, 6.45) is 59.1. The number of nitrogens with zero attached hydrogens (tertiary/aromatic N) is 4. The predicted octanol–water partition coefficient (Wildman–Crippen LogP) is 36.2. The maximum atomic E-state index is 5.61. The summed E-state index contributed by atoms with van der Waals surface area (Å²) in [7, 11) is 0. The minimum atomic E-state index is 0.924. The number of aryl methyl sites for hydroxylation is 4. The van der Waals surface area contributed by atoms with E-state index >= 15 is 0 Å². The fraction of sp³-hybridized carbons (Fsp3) is 0.462. The zero-order valence-corrected chi connectivity index (χ0v) is 76.0. The van der Waals surface area contributed by atoms with Gasteiger partial charge in [0.1, 0.15) is 0 Å². The summed E-state index contributed by atoms with van der Waals surface area (Å²) in [6.45, 7) is 9.19. The van der Waals surface area contributed by atoms with Crippen LogP contribution in [0.2, 0.25) is 0 Å². The Labute approximate surface area is 720 Å². The molecule has 6 heterocycles. The van der Waals surface area contributed by atoms with E-state index in [4.69, 9.17) is 19.9 Å². The van der Waals surface area contributed by atoms with Crippen molar-refractivity contribution >= 4 is 99.3 Å². The first-order valence-electron chi connectivity index (χ1n) is 45.0. The Bertz CT molecular complexity index is 4390. The molecule has 0 saturated carbocycles. The second kappa shape index (κ2) is 50.5. The molecule has 12 aromatic rings. The van der Waals surface area contributed by atoms with Gasteiger partial charge in [-0.15, -0.1) is 45.3 Å². The van der Waals surface area contributed by atoms with Crippen LogP contribution in [0.25, 0.3) is 109 Å². The van der Waals surface area contributed by atoms with Gasteiger partial charge >= 0.3 is 0 Å². The zero-order chi connectivity index (χ0) is 79.0. The van der Waals surface area contributed by atoms with Gasteiger partial charge in [0.25, 0.3) is 0 Å². The molecule has 0 fully saturated rings. The minimum Gasteiger partial charge on any atom is -0.243 e. The Morgan fingerprint density at radius 3 is 0.702 bits per heavy atom. The van der Waals surface area contributed by atoms with Gasteiger partial charge in [0.2, 0.25) is 0 Å². The third-order valence-electron chi connectivity index (χ3n) is 23.0. The van der Waals surface area contributed by atoms with Gasteiger partial charge in [0.05, 0.1) is 52.4 Å². The standard InChI is InChI=1S/C52H64Br2N2S2.C52H66N2S2/c1-3-5-7-9-11-13-15-17-19-23-33-41-37-45(57-51(41)53)43-35-36-44(46-38-42(52(54)58-46)34-24-20-18-16-14-12-10-8-6-4-2)50-49(43)55-47(39-29-25-21-26-30-39)48(56-50)40-31-27-22-28-32-40;1-3-5-7-9-11-13-15-17-19-23-29-41-37-47(55-39-41)45-35-36-46(48-38-42(40-56-48)30-24-20-18-16-14-12-10-8-6-4-2)52-51(45)53-49(43-31-25-21-26-32-43)50(54-52)44-33-27-22-28-34-44/h21-22,25-32,35-38H,3-20,23-24,33-34H2,1-2H3;21-22,25-28,31-40H,3-20,23-24,29-30H2,1-2H3. The number of benzene rings is 6. The van der Waals surface area contributed by atoms with E-state index in [1.54, 1.807) is 0 Å². The van der Waals surface area contributed by atoms with Crippen LogP contribution in [-0.2, 0) is 25.7 Å². The summed E-state index contributed by atoms with van der Waals surface area (Å²) >= 11 is 15.4. The molecule has 10 heteroatoms. The van der Waals surface area contributed by atoms with E-state index < -0.39 is 0 Å². The summed E-state index contributed by atoms with van der Waals surface area (Å²) in [6, 6.07) is 61.4. The van der Waals surface area contributed by atoms with Gasteiger partial charge < -0.3 is 0 Å². The Kier molecular flexibility index (Phi) is 39.2. The Morgan fingerprint density at radius 2 is 0.456 bits per heavy atom. The van der Waals surface area contributed by atoms with Crippen LogP contribution >= 0.6 is 77.2 Å². The monoisotopic (exact) mass is 1720 g/mol. The molecule has 0 saturated heterocycles. The van der Waals surface area contributed by atoms with Crippen molar-refractivity contribution < 1.29 is 0 Å². The van der Waals surface area contributed by atoms with Crippen LogP contribution < -0.4 is 0 Å². The average Bonchev–Trinajstić information content (AvgIpc) is 1.29. The van der Waals surface area contributed by atoms with E-state index in [1.165, 1.54) is 317 Å². The number of hydrogen-bond acceptors (Lipinski definition) is 8. The van der Waals surface area contributed by atoms with Gasteiger partial charge in [-0.05, 0) is 141 Å². The van der Waals surface area contributed by atoms with Crippen LogP contribution in [0, 0.1) is 0 Å². The van der Waals surface area contributed by atoms with Crippen LogP contribution in [0.3, 0.4) is 0 Å². The molecule has 6 aromatic heterocycles. The molecule has 4 nitrogen and oxygen atoms in total. The fourth-order valence-electron chi connectivity index (χ4n) is 16.2. The van der Waals surface area contributed by atoms with Gasteiger partial charge in [-0.25, -0.2) is 19.9 Å². The SMILES string of the molecule is CCCCCCCCCCCCc1cc(-c2ccc(-c3cc(CCCCCCCCCCCC)c(Br)s3)c3nc(-c4ccccc4)c(-c4ccccc4)nc23)sc1Br.CCCCCCCCCCCCc1csc(-c2ccc(-c3cc(CCCCCCCCCCCC)cs3)c3nc(-c4ccccc4)c(-c4ccccc4)nc23)c1. The lowest BCUT2D eigenvalue weighted by Gasteiger charge is -2.15. The molecule has 0 unspecified atom stereocenters. The molecule has 604 valence electrons. The van der Waals surface area contributed by atoms with Crippen LogP contribution in [-0.4, -0.2) is 19.9 Å². The van der Waals surface area contributed by atoms with Crippen molar-refractivity contribution in [3.63, 3.8) is 0 Å². The van der Waals surface area contributed by atoms with Crippen LogP contribution in [0.5, 0.6) is 0 Å². The van der Waals surface area contributed by atoms with E-state index in [0.717, 1.165) is 104 Å². The first kappa shape index (κ1) is 88.6. The van der Waals surface area contributed by atoms with E-state index in [-0.39, 0.29) is 0 Å². The van der Waals surface area contributed by atoms with Crippen molar-refractivity contribution in [2.75, 3.05) is 0 Å². The van der Waals surface area contributed by atoms with Crippen LogP contribution in [0.15, 0.2) is 188 Å². The van der Waals surface area contributed by atoms with Crippen LogP contribution in [0.1, 0.15) is 307 Å². The highest BCUT2D eigenvalue weighted by molar-refractivity contribution is 9.11. The normalized spacial score (nSPS) is 11.6. The van der Waals surface area contributed by atoms with Gasteiger partial charge in [0.15, 0.2) is 0 Å². The van der Waals surface area contributed by atoms with Crippen molar-refractivity contribution in [2.45, 2.75) is 310 Å². The number of unbranched alkanes of at least 4 members (excludes halogenated alkanes) is 36. The predicted molar refractivity (Wildman–Crippen MR) is 512 cm³/mol. The first-order valence-corrected chi connectivity index (χ1v) is 49.9. The second-order valence-electron chi connectivity index (χ2n) is 32.2. The minimum absolute atomic E-state index is 0.924. The summed E-state index contributed by atoms with van der Waals surface area (Å²) in [5.74, 6) is 0. The highest BCUT2D eigenvalue weighted by Crippen LogP contribution is 2.47. The molecular formula is C104H130Br2N4S4. The number of aromatic nitrogens is 4. The number of rotatable bonds is 52. The summed E-state index contributed by atoms with van der Waals surface area (Å²) in [5, 5.41) is 4.76. The molecule has 0 aliphatic rings. The van der Waals surface area contributed by atoms with E-state index in [2.05, 4.69) is 240 Å². The molecule has 0 radical (unpaired) electrons. The highest BCUT2D eigenvalue weighted by Gasteiger charge is 2.24. The molecule has 0 bridgehead atoms. The van der Waals surface area contributed by atoms with Gasteiger partial charge in [-0.1, -0.05) is 404 Å². The smallest absolute Gasteiger partial charge is 0.0988 e. The zero-order valence-electron chi connectivity index (χ0n) is 69.6. The third-order valence-corrected chi connectivity index (χ3v) is 29.0. The average molecular weight is 1720 g/mol. The third kappa shape index (κ3) is 27.4. The summed E-state index contributed by atoms with van der Waals surface area (Å²) in [5.41, 5.74) is 22.4. The van der Waals surface area contributed by atoms with Crippen molar-refractivity contribution in [3.05, 3.63) is 210 Å². The molecule has 0 aliphatic heterocycles. The maximum Gasteiger partial charge on any atom is 0.0988 e. The Hall–Kier alpha value is -6.24. The van der Waals surface area contributed by atoms with Crippen molar-refractivity contribution in [1.29, 1.82) is 0 Å². The molecule has 114 heavy (non-hydrogen) atoms. The first-order chi connectivity index (χ1) is 56.3. The lowest BCUT2D eigenvalue weighted by molar-refractivity contribution is 0.556. The molecule has 0 amide bonds. The topological polar surface area (TPSA) is 51.6 Å². The Balaban J connectivity index is 0.000000225. The van der Waals surface area contributed by atoms with E-state index in [9.17, 15) is 0 Å².